The van der Waals surface area contributed by atoms with Gasteiger partial charge in [0.2, 0.25) is 0 Å². The lowest BCUT2D eigenvalue weighted by Gasteiger charge is -2.28. The van der Waals surface area contributed by atoms with Crippen molar-refractivity contribution >= 4 is 22.9 Å². The fourth-order valence-corrected chi connectivity index (χ4v) is 3.21. The summed E-state index contributed by atoms with van der Waals surface area (Å²) in [5.74, 6) is 1.28. The molecule has 0 aromatic carbocycles. The number of alkyl halides is 1. The molecule has 1 heterocycles. The first kappa shape index (κ1) is 16.9. The van der Waals surface area contributed by atoms with Gasteiger partial charge in [-0.05, 0) is 45.6 Å². The quantitative estimate of drug-likeness (QED) is 0.490. The predicted molar refractivity (Wildman–Crippen MR) is 86.2 cm³/mol. The van der Waals surface area contributed by atoms with Crippen LogP contribution in [0.1, 0.15) is 51.2 Å². The Kier molecular flexibility index (Phi) is 7.96. The van der Waals surface area contributed by atoms with Gasteiger partial charge in [0.05, 0.1) is 16.6 Å². The lowest BCUT2D eigenvalue weighted by atomic mass is 10.1. The average molecular weight is 303 g/mol. The van der Waals surface area contributed by atoms with Crippen molar-refractivity contribution in [2.45, 2.75) is 58.9 Å². The molecule has 1 rings (SSSR count). The molecule has 0 saturated carbocycles. The molecule has 0 aliphatic carbocycles. The van der Waals surface area contributed by atoms with Gasteiger partial charge in [-0.25, -0.2) is 4.98 Å². The van der Waals surface area contributed by atoms with Gasteiger partial charge in [-0.1, -0.05) is 13.8 Å². The Hall–Kier alpha value is -0.120. The van der Waals surface area contributed by atoms with Crippen LogP contribution < -0.4 is 0 Å². The van der Waals surface area contributed by atoms with Crippen LogP contribution in [0.15, 0.2) is 5.38 Å². The standard InChI is InChI=1S/C15H27ClN2S/c1-12(2)10-18(13(3)4)8-6-5-7-15-17-14(9-16)11-19-15/h11-13H,5-10H2,1-4H3. The second-order valence-corrected chi connectivity index (χ2v) is 7.02. The van der Waals surface area contributed by atoms with Gasteiger partial charge in [0.1, 0.15) is 0 Å². The van der Waals surface area contributed by atoms with Crippen molar-refractivity contribution in [3.63, 3.8) is 0 Å². The number of aryl methyl sites for hydroxylation is 1. The van der Waals surface area contributed by atoms with Crippen molar-refractivity contribution < 1.29 is 0 Å². The molecule has 0 amide bonds. The van der Waals surface area contributed by atoms with Crippen LogP contribution in [0.25, 0.3) is 0 Å². The summed E-state index contributed by atoms with van der Waals surface area (Å²) < 4.78 is 0. The molecule has 0 aliphatic heterocycles. The number of unbranched alkanes of at least 4 members (excludes halogenated alkanes) is 1. The van der Waals surface area contributed by atoms with Crippen molar-refractivity contribution in [3.8, 4) is 0 Å². The number of nitrogens with zero attached hydrogens (tertiary/aromatic N) is 2. The zero-order valence-electron chi connectivity index (χ0n) is 12.7. The van der Waals surface area contributed by atoms with E-state index in [9.17, 15) is 0 Å². The molecule has 19 heavy (non-hydrogen) atoms. The van der Waals surface area contributed by atoms with Crippen LogP contribution in [0.2, 0.25) is 0 Å². The molecule has 0 atom stereocenters. The zero-order valence-corrected chi connectivity index (χ0v) is 14.2. The van der Waals surface area contributed by atoms with E-state index in [-0.39, 0.29) is 0 Å². The molecular formula is C15H27ClN2S. The smallest absolute Gasteiger partial charge is 0.0928 e. The van der Waals surface area contributed by atoms with E-state index in [4.69, 9.17) is 11.6 Å². The van der Waals surface area contributed by atoms with Crippen LogP contribution >= 0.6 is 22.9 Å². The fraction of sp³-hybridized carbons (Fsp3) is 0.800. The monoisotopic (exact) mass is 302 g/mol. The first-order valence-electron chi connectivity index (χ1n) is 7.26. The molecular weight excluding hydrogens is 276 g/mol. The van der Waals surface area contributed by atoms with Crippen LogP contribution in [0.4, 0.5) is 0 Å². The van der Waals surface area contributed by atoms with Gasteiger partial charge in [-0.15, -0.1) is 22.9 Å². The third-order valence-corrected chi connectivity index (χ3v) is 4.38. The largest absolute Gasteiger partial charge is 0.301 e. The summed E-state index contributed by atoms with van der Waals surface area (Å²) in [4.78, 5) is 7.08. The number of rotatable bonds is 9. The average Bonchev–Trinajstić information content (AvgIpc) is 2.80. The number of thiazole rings is 1. The highest BCUT2D eigenvalue weighted by Crippen LogP contribution is 2.14. The minimum absolute atomic E-state index is 0.534. The topological polar surface area (TPSA) is 16.1 Å². The third-order valence-electron chi connectivity index (χ3n) is 3.15. The highest BCUT2D eigenvalue weighted by Gasteiger charge is 2.10. The van der Waals surface area contributed by atoms with Crippen LogP contribution in [0.3, 0.4) is 0 Å². The van der Waals surface area contributed by atoms with E-state index in [2.05, 4.69) is 43.0 Å². The lowest BCUT2D eigenvalue weighted by Crippen LogP contribution is -2.35. The molecule has 110 valence electrons. The van der Waals surface area contributed by atoms with Gasteiger partial charge in [0, 0.05) is 18.0 Å². The summed E-state index contributed by atoms with van der Waals surface area (Å²) in [6.45, 7) is 11.6. The molecule has 0 unspecified atom stereocenters. The molecule has 0 aliphatic rings. The SMILES string of the molecule is CC(C)CN(CCCCc1nc(CCl)cs1)C(C)C. The van der Waals surface area contributed by atoms with Crippen molar-refractivity contribution in [2.75, 3.05) is 13.1 Å². The lowest BCUT2D eigenvalue weighted by molar-refractivity contribution is 0.194. The van der Waals surface area contributed by atoms with Gasteiger partial charge in [0.15, 0.2) is 0 Å². The maximum Gasteiger partial charge on any atom is 0.0928 e. The number of hydrogen-bond acceptors (Lipinski definition) is 3. The van der Waals surface area contributed by atoms with Crippen molar-refractivity contribution in [2.24, 2.45) is 5.92 Å². The van der Waals surface area contributed by atoms with Crippen molar-refractivity contribution in [3.05, 3.63) is 16.1 Å². The summed E-state index contributed by atoms with van der Waals surface area (Å²) >= 11 is 7.50. The molecule has 0 spiro atoms. The van der Waals surface area contributed by atoms with Gasteiger partial charge in [-0.2, -0.15) is 0 Å². The Morgan fingerprint density at radius 2 is 2.00 bits per heavy atom. The molecule has 0 N–H and O–H groups in total. The predicted octanol–water partition coefficient (Wildman–Crippen LogP) is 4.57. The maximum absolute atomic E-state index is 5.76. The summed E-state index contributed by atoms with van der Waals surface area (Å²) in [5.41, 5.74) is 1.02. The summed E-state index contributed by atoms with van der Waals surface area (Å²) in [6, 6.07) is 0.644. The van der Waals surface area contributed by atoms with E-state index in [1.807, 2.05) is 0 Å². The van der Waals surface area contributed by atoms with E-state index < -0.39 is 0 Å². The van der Waals surface area contributed by atoms with E-state index in [1.165, 1.54) is 30.9 Å². The summed E-state index contributed by atoms with van der Waals surface area (Å²) in [7, 11) is 0. The van der Waals surface area contributed by atoms with Crippen molar-refractivity contribution in [1.29, 1.82) is 0 Å². The normalized spacial score (nSPS) is 12.0. The fourth-order valence-electron chi connectivity index (χ4n) is 2.15. The van der Waals surface area contributed by atoms with Crippen LogP contribution in [-0.4, -0.2) is 29.0 Å². The van der Waals surface area contributed by atoms with Crippen molar-refractivity contribution in [1.82, 2.24) is 9.88 Å². The summed E-state index contributed by atoms with van der Waals surface area (Å²) in [6.07, 6.45) is 3.56. The molecule has 0 saturated heterocycles. The summed E-state index contributed by atoms with van der Waals surface area (Å²) in [5, 5.41) is 3.30. The number of halogens is 1. The number of hydrogen-bond donors (Lipinski definition) is 0. The van der Waals surface area contributed by atoms with Gasteiger partial charge < -0.3 is 4.90 Å². The van der Waals surface area contributed by atoms with E-state index >= 15 is 0 Å². The van der Waals surface area contributed by atoms with Gasteiger partial charge in [-0.3, -0.25) is 0 Å². The first-order valence-corrected chi connectivity index (χ1v) is 8.67. The molecule has 0 bridgehead atoms. The Bertz CT molecular complexity index is 350. The molecule has 2 nitrogen and oxygen atoms in total. The highest BCUT2D eigenvalue weighted by molar-refractivity contribution is 7.09. The minimum Gasteiger partial charge on any atom is -0.301 e. The Balaban J connectivity index is 2.24. The molecule has 4 heteroatoms. The Morgan fingerprint density at radius 3 is 2.53 bits per heavy atom. The second kappa shape index (κ2) is 8.93. The van der Waals surface area contributed by atoms with E-state index in [0.29, 0.717) is 11.9 Å². The molecule has 1 aromatic rings. The minimum atomic E-state index is 0.534. The Labute approximate surface area is 127 Å². The van der Waals surface area contributed by atoms with E-state index in [1.54, 1.807) is 11.3 Å². The van der Waals surface area contributed by atoms with Crippen LogP contribution in [0, 0.1) is 5.92 Å². The highest BCUT2D eigenvalue weighted by atomic mass is 35.5. The third kappa shape index (κ3) is 6.73. The van der Waals surface area contributed by atoms with Gasteiger partial charge in [0.25, 0.3) is 0 Å². The zero-order chi connectivity index (χ0) is 14.3. The number of aromatic nitrogens is 1. The Morgan fingerprint density at radius 1 is 1.26 bits per heavy atom. The maximum atomic E-state index is 5.76. The van der Waals surface area contributed by atoms with Gasteiger partial charge >= 0.3 is 0 Å². The second-order valence-electron chi connectivity index (χ2n) is 5.81. The van der Waals surface area contributed by atoms with Crippen LogP contribution in [0.5, 0.6) is 0 Å². The molecule has 1 aromatic heterocycles. The molecule has 0 radical (unpaired) electrons. The first-order chi connectivity index (χ1) is 9.02. The van der Waals surface area contributed by atoms with E-state index in [0.717, 1.165) is 18.0 Å². The molecule has 0 fully saturated rings. The van der Waals surface area contributed by atoms with Crippen LogP contribution in [-0.2, 0) is 12.3 Å².